The molecule has 0 aromatic carbocycles. The zero-order valence-corrected chi connectivity index (χ0v) is 11.4. The van der Waals surface area contributed by atoms with Gasteiger partial charge in [0.25, 0.3) is 0 Å². The molecule has 4 heteroatoms. The molecule has 1 fully saturated rings. The minimum Gasteiger partial charge on any atom is -0.376 e. The van der Waals surface area contributed by atoms with Crippen LogP contribution < -0.4 is 10.6 Å². The Labute approximate surface area is 109 Å². The van der Waals surface area contributed by atoms with Crippen molar-refractivity contribution in [3.63, 3.8) is 0 Å². The highest BCUT2D eigenvalue weighted by Crippen LogP contribution is 2.21. The molecule has 18 heavy (non-hydrogen) atoms. The molecule has 1 saturated heterocycles. The summed E-state index contributed by atoms with van der Waals surface area (Å²) in [6.45, 7) is 7.45. The number of rotatable bonds is 5. The number of anilines is 1. The average molecular weight is 249 g/mol. The molecule has 1 aromatic rings. The smallest absolute Gasteiger partial charge is 0.133 e. The van der Waals surface area contributed by atoms with Crippen molar-refractivity contribution < 1.29 is 4.74 Å². The van der Waals surface area contributed by atoms with Gasteiger partial charge < -0.3 is 15.4 Å². The number of hydrogen-bond donors (Lipinski definition) is 1. The third-order valence-electron chi connectivity index (χ3n) is 3.44. The number of nitrogens with zero attached hydrogens (tertiary/aromatic N) is 2. The molecule has 0 spiro atoms. The van der Waals surface area contributed by atoms with Gasteiger partial charge in [0.2, 0.25) is 0 Å². The normalized spacial score (nSPS) is 19.2. The maximum Gasteiger partial charge on any atom is 0.133 e. The molecule has 1 aliphatic rings. The van der Waals surface area contributed by atoms with Gasteiger partial charge in [-0.25, -0.2) is 4.98 Å². The third kappa shape index (κ3) is 3.00. The van der Waals surface area contributed by atoms with E-state index in [9.17, 15) is 0 Å². The first-order valence-electron chi connectivity index (χ1n) is 6.77. The van der Waals surface area contributed by atoms with E-state index in [1.165, 1.54) is 6.42 Å². The van der Waals surface area contributed by atoms with Crippen molar-refractivity contribution in [2.24, 2.45) is 5.73 Å². The highest BCUT2D eigenvalue weighted by molar-refractivity contribution is 5.47. The van der Waals surface area contributed by atoms with Crippen molar-refractivity contribution in [2.45, 2.75) is 39.3 Å². The molecule has 1 aliphatic heterocycles. The number of likely N-dealkylation sites (N-methyl/N-ethyl adjacent to an activating group) is 1. The summed E-state index contributed by atoms with van der Waals surface area (Å²) in [5.74, 6) is 1.02. The van der Waals surface area contributed by atoms with Crippen molar-refractivity contribution in [3.05, 3.63) is 23.4 Å². The molecular weight excluding hydrogens is 226 g/mol. The predicted molar refractivity (Wildman–Crippen MR) is 73.7 cm³/mol. The van der Waals surface area contributed by atoms with E-state index in [2.05, 4.69) is 22.9 Å². The van der Waals surface area contributed by atoms with E-state index in [1.807, 2.05) is 13.0 Å². The highest BCUT2D eigenvalue weighted by Gasteiger charge is 2.20. The third-order valence-corrected chi connectivity index (χ3v) is 3.44. The van der Waals surface area contributed by atoms with E-state index >= 15 is 0 Å². The van der Waals surface area contributed by atoms with Crippen LogP contribution in [0.1, 0.15) is 31.0 Å². The first-order valence-corrected chi connectivity index (χ1v) is 6.77. The predicted octanol–water partition coefficient (Wildman–Crippen LogP) is 1.85. The van der Waals surface area contributed by atoms with E-state index < -0.39 is 0 Å². The quantitative estimate of drug-likeness (QED) is 0.865. The Hall–Kier alpha value is -1.13. The van der Waals surface area contributed by atoms with E-state index in [-0.39, 0.29) is 0 Å². The van der Waals surface area contributed by atoms with Gasteiger partial charge in [-0.05, 0) is 32.8 Å². The van der Waals surface area contributed by atoms with Crippen molar-refractivity contribution in [1.82, 2.24) is 4.98 Å². The van der Waals surface area contributed by atoms with Crippen molar-refractivity contribution in [2.75, 3.05) is 24.6 Å². The fourth-order valence-corrected chi connectivity index (χ4v) is 2.40. The number of hydrogen-bond acceptors (Lipinski definition) is 4. The van der Waals surface area contributed by atoms with Crippen LogP contribution in [0.2, 0.25) is 0 Å². The number of pyridine rings is 1. The number of nitrogens with two attached hydrogens (primary N) is 1. The molecule has 1 unspecified atom stereocenters. The summed E-state index contributed by atoms with van der Waals surface area (Å²) < 4.78 is 5.71. The van der Waals surface area contributed by atoms with Crippen molar-refractivity contribution >= 4 is 5.82 Å². The van der Waals surface area contributed by atoms with E-state index in [4.69, 9.17) is 10.5 Å². The standard InChI is InChI=1S/C14H23N3O/c1-3-17(10-13-5-4-8-18-13)14-12(9-15)7-6-11(2)16-14/h6-7,13H,3-5,8-10,15H2,1-2H3. The SMILES string of the molecule is CCN(CC1CCCO1)c1nc(C)ccc1CN. The van der Waals surface area contributed by atoms with Gasteiger partial charge >= 0.3 is 0 Å². The van der Waals surface area contributed by atoms with Gasteiger partial charge in [0.05, 0.1) is 6.10 Å². The first kappa shape index (κ1) is 13.3. The maximum atomic E-state index is 5.80. The second kappa shape index (κ2) is 6.16. The van der Waals surface area contributed by atoms with Gasteiger partial charge in [0.1, 0.15) is 5.82 Å². The van der Waals surface area contributed by atoms with Crippen LogP contribution in [-0.2, 0) is 11.3 Å². The van der Waals surface area contributed by atoms with Gasteiger partial charge in [0.15, 0.2) is 0 Å². The zero-order chi connectivity index (χ0) is 13.0. The lowest BCUT2D eigenvalue weighted by atomic mass is 10.2. The molecule has 0 amide bonds. The van der Waals surface area contributed by atoms with Crippen LogP contribution in [0.5, 0.6) is 0 Å². The Balaban J connectivity index is 2.17. The van der Waals surface area contributed by atoms with Crippen LogP contribution >= 0.6 is 0 Å². The Morgan fingerprint density at radius 1 is 1.50 bits per heavy atom. The number of ether oxygens (including phenoxy) is 1. The number of aryl methyl sites for hydroxylation is 1. The molecule has 2 rings (SSSR count). The zero-order valence-electron chi connectivity index (χ0n) is 11.4. The lowest BCUT2D eigenvalue weighted by molar-refractivity contribution is 0.115. The lowest BCUT2D eigenvalue weighted by Gasteiger charge is -2.27. The van der Waals surface area contributed by atoms with Crippen LogP contribution in [0.15, 0.2) is 12.1 Å². The molecule has 1 atom stereocenters. The van der Waals surface area contributed by atoms with E-state index in [1.54, 1.807) is 0 Å². The van der Waals surface area contributed by atoms with Crippen molar-refractivity contribution in [3.8, 4) is 0 Å². The minimum atomic E-state index is 0.345. The van der Waals surface area contributed by atoms with Gasteiger partial charge in [-0.2, -0.15) is 0 Å². The summed E-state index contributed by atoms with van der Waals surface area (Å²) in [5.41, 5.74) is 7.95. The summed E-state index contributed by atoms with van der Waals surface area (Å²) >= 11 is 0. The van der Waals surface area contributed by atoms with Crippen LogP contribution in [0, 0.1) is 6.92 Å². The molecule has 0 bridgehead atoms. The second-order valence-corrected chi connectivity index (χ2v) is 4.81. The maximum absolute atomic E-state index is 5.80. The Bertz CT molecular complexity index is 389. The molecule has 2 heterocycles. The van der Waals surface area contributed by atoms with Crippen LogP contribution in [0.25, 0.3) is 0 Å². The second-order valence-electron chi connectivity index (χ2n) is 4.81. The van der Waals surface area contributed by atoms with E-state index in [0.717, 1.165) is 43.2 Å². The molecular formula is C14H23N3O. The summed E-state index contributed by atoms with van der Waals surface area (Å²) in [4.78, 5) is 6.93. The number of aromatic nitrogens is 1. The minimum absolute atomic E-state index is 0.345. The fraction of sp³-hybridized carbons (Fsp3) is 0.643. The molecule has 0 saturated carbocycles. The first-order chi connectivity index (χ1) is 8.74. The largest absolute Gasteiger partial charge is 0.376 e. The highest BCUT2D eigenvalue weighted by atomic mass is 16.5. The van der Waals surface area contributed by atoms with Crippen LogP contribution in [0.4, 0.5) is 5.82 Å². The molecule has 4 nitrogen and oxygen atoms in total. The average Bonchev–Trinajstić information content (AvgIpc) is 2.88. The van der Waals surface area contributed by atoms with Crippen molar-refractivity contribution in [1.29, 1.82) is 0 Å². The Kier molecular flexibility index (Phi) is 4.55. The van der Waals surface area contributed by atoms with Crippen LogP contribution in [0.3, 0.4) is 0 Å². The molecule has 100 valence electrons. The summed E-state index contributed by atoms with van der Waals surface area (Å²) in [5, 5.41) is 0. The molecule has 1 aromatic heterocycles. The summed E-state index contributed by atoms with van der Waals surface area (Å²) in [6.07, 6.45) is 2.67. The van der Waals surface area contributed by atoms with Gasteiger partial charge in [-0.1, -0.05) is 6.07 Å². The fourth-order valence-electron chi connectivity index (χ4n) is 2.40. The van der Waals surface area contributed by atoms with Gasteiger partial charge in [-0.3, -0.25) is 0 Å². The topological polar surface area (TPSA) is 51.4 Å². The Morgan fingerprint density at radius 2 is 2.33 bits per heavy atom. The van der Waals surface area contributed by atoms with E-state index in [0.29, 0.717) is 12.6 Å². The Morgan fingerprint density at radius 3 is 2.94 bits per heavy atom. The lowest BCUT2D eigenvalue weighted by Crippen LogP contribution is -2.33. The molecule has 2 N–H and O–H groups in total. The van der Waals surface area contributed by atoms with Crippen LogP contribution in [-0.4, -0.2) is 30.8 Å². The molecule has 0 aliphatic carbocycles. The van der Waals surface area contributed by atoms with Gasteiger partial charge in [0, 0.05) is 37.5 Å². The molecule has 0 radical (unpaired) electrons. The summed E-state index contributed by atoms with van der Waals surface area (Å²) in [6, 6.07) is 4.10. The summed E-state index contributed by atoms with van der Waals surface area (Å²) in [7, 11) is 0. The van der Waals surface area contributed by atoms with Gasteiger partial charge in [-0.15, -0.1) is 0 Å². The monoisotopic (exact) mass is 249 g/mol.